The minimum atomic E-state index is -0.917. The number of pyridine rings is 1. The Hall–Kier alpha value is -3.44. The van der Waals surface area contributed by atoms with Crippen molar-refractivity contribution in [3.63, 3.8) is 0 Å². The van der Waals surface area contributed by atoms with Gasteiger partial charge in [0.25, 0.3) is 11.8 Å². The number of rotatable bonds is 11. The fourth-order valence-electron chi connectivity index (χ4n) is 4.53. The number of aromatic nitrogens is 1. The predicted octanol–water partition coefficient (Wildman–Crippen LogP) is 4.31. The van der Waals surface area contributed by atoms with Crippen LogP contribution in [-0.4, -0.2) is 60.6 Å². The highest BCUT2D eigenvalue weighted by Gasteiger charge is 2.33. The minimum Gasteiger partial charge on any atom is -0.496 e. The third kappa shape index (κ3) is 8.79. The standard InChI is InChI=1S/C29H42N4O7/c1-7-29(38-15-16-39-29)14-10-8-9-11-22(31-27(36)40-28(3,4)5)26(35)33-32-25(34)21-17-20-13-12-19(2)30-23(20)18-24(21)37-6/h12-13,17-18,22H,7-11,14-16H2,1-6H3,(H,31,36)(H,32,34)(H,33,35)/t22-/m0/s1. The van der Waals surface area contributed by atoms with E-state index < -0.39 is 35.3 Å². The first kappa shape index (κ1) is 31.1. The first-order valence-corrected chi connectivity index (χ1v) is 13.8. The first-order valence-electron chi connectivity index (χ1n) is 13.8. The summed E-state index contributed by atoms with van der Waals surface area (Å²) in [5.41, 5.74) is 5.92. The molecule has 1 fully saturated rings. The highest BCUT2D eigenvalue weighted by atomic mass is 16.7. The second kappa shape index (κ2) is 13.8. The fourth-order valence-corrected chi connectivity index (χ4v) is 4.53. The Morgan fingerprint density at radius 2 is 1.80 bits per heavy atom. The lowest BCUT2D eigenvalue weighted by Crippen LogP contribution is -2.53. The zero-order valence-corrected chi connectivity index (χ0v) is 24.3. The van der Waals surface area contributed by atoms with E-state index >= 15 is 0 Å². The van der Waals surface area contributed by atoms with E-state index in [1.807, 2.05) is 26.0 Å². The number of ether oxygens (including phenoxy) is 4. The average molecular weight is 559 g/mol. The molecule has 1 saturated heterocycles. The van der Waals surface area contributed by atoms with E-state index in [1.54, 1.807) is 32.9 Å². The number of fused-ring (bicyclic) bond motifs is 1. The molecule has 1 atom stereocenters. The number of aryl methyl sites for hydroxylation is 1. The third-order valence-corrected chi connectivity index (χ3v) is 6.60. The van der Waals surface area contributed by atoms with Crippen molar-refractivity contribution in [2.75, 3.05) is 20.3 Å². The van der Waals surface area contributed by atoms with Crippen LogP contribution in [0.2, 0.25) is 0 Å². The maximum Gasteiger partial charge on any atom is 0.408 e. The lowest BCUT2D eigenvalue weighted by atomic mass is 10.0. The summed E-state index contributed by atoms with van der Waals surface area (Å²) in [6, 6.07) is 6.12. The van der Waals surface area contributed by atoms with Gasteiger partial charge in [-0.05, 0) is 59.1 Å². The summed E-state index contributed by atoms with van der Waals surface area (Å²) in [5, 5.41) is 3.39. The molecule has 1 aromatic carbocycles. The van der Waals surface area contributed by atoms with E-state index in [0.717, 1.165) is 36.8 Å². The molecule has 0 unspecified atom stereocenters. The molecule has 40 heavy (non-hydrogen) atoms. The van der Waals surface area contributed by atoms with Crippen LogP contribution < -0.4 is 20.9 Å². The van der Waals surface area contributed by atoms with Gasteiger partial charge in [-0.1, -0.05) is 25.8 Å². The molecule has 2 aromatic rings. The maximum absolute atomic E-state index is 13.1. The van der Waals surface area contributed by atoms with Crippen LogP contribution in [0, 0.1) is 6.92 Å². The van der Waals surface area contributed by atoms with Gasteiger partial charge in [-0.25, -0.2) is 4.79 Å². The lowest BCUT2D eigenvalue weighted by Gasteiger charge is -2.26. The zero-order chi connectivity index (χ0) is 29.3. The number of carbonyl (C=O) groups excluding carboxylic acids is 3. The third-order valence-electron chi connectivity index (χ3n) is 6.60. The van der Waals surface area contributed by atoms with Crippen molar-refractivity contribution >= 4 is 28.8 Å². The number of hydrogen-bond donors (Lipinski definition) is 3. The van der Waals surface area contributed by atoms with Crippen LogP contribution in [0.3, 0.4) is 0 Å². The van der Waals surface area contributed by atoms with Gasteiger partial charge in [0.2, 0.25) is 0 Å². The number of amides is 3. The van der Waals surface area contributed by atoms with Crippen molar-refractivity contribution in [1.82, 2.24) is 21.2 Å². The summed E-state index contributed by atoms with van der Waals surface area (Å²) in [6.45, 7) is 10.3. The first-order chi connectivity index (χ1) is 18.9. The van der Waals surface area contributed by atoms with Gasteiger partial charge in [0.1, 0.15) is 17.4 Å². The van der Waals surface area contributed by atoms with Crippen molar-refractivity contribution in [1.29, 1.82) is 0 Å². The van der Waals surface area contributed by atoms with Crippen LogP contribution in [-0.2, 0) is 19.0 Å². The molecule has 1 aliphatic rings. The minimum absolute atomic E-state index is 0.235. The van der Waals surface area contributed by atoms with Crippen molar-refractivity contribution < 1.29 is 33.3 Å². The molecular weight excluding hydrogens is 516 g/mol. The highest BCUT2D eigenvalue weighted by Crippen LogP contribution is 2.29. The zero-order valence-electron chi connectivity index (χ0n) is 24.3. The summed E-state index contributed by atoms with van der Waals surface area (Å²) >= 11 is 0. The van der Waals surface area contributed by atoms with E-state index in [0.29, 0.717) is 37.3 Å². The molecule has 11 heteroatoms. The summed E-state index contributed by atoms with van der Waals surface area (Å²) in [7, 11) is 1.46. The topological polar surface area (TPSA) is 137 Å². The van der Waals surface area contributed by atoms with Gasteiger partial charge in [0.15, 0.2) is 5.79 Å². The number of unbranched alkanes of at least 4 members (excludes halogenated alkanes) is 2. The Morgan fingerprint density at radius 1 is 1.07 bits per heavy atom. The van der Waals surface area contributed by atoms with Gasteiger partial charge >= 0.3 is 6.09 Å². The van der Waals surface area contributed by atoms with Crippen molar-refractivity contribution in [2.45, 2.75) is 90.6 Å². The highest BCUT2D eigenvalue weighted by molar-refractivity contribution is 6.02. The average Bonchev–Trinajstić information content (AvgIpc) is 3.38. The van der Waals surface area contributed by atoms with Gasteiger partial charge in [-0.3, -0.25) is 25.4 Å². The second-order valence-electron chi connectivity index (χ2n) is 10.9. The van der Waals surface area contributed by atoms with Crippen LogP contribution >= 0.6 is 0 Å². The second-order valence-corrected chi connectivity index (χ2v) is 10.9. The Balaban J connectivity index is 1.61. The molecule has 1 aliphatic heterocycles. The summed E-state index contributed by atoms with van der Waals surface area (Å²) < 4.78 is 22.3. The van der Waals surface area contributed by atoms with Crippen LogP contribution in [0.1, 0.15) is 82.3 Å². The van der Waals surface area contributed by atoms with Crippen LogP contribution in [0.5, 0.6) is 5.75 Å². The Labute approximate surface area is 235 Å². The maximum atomic E-state index is 13.1. The van der Waals surface area contributed by atoms with Crippen molar-refractivity contribution in [3.05, 3.63) is 35.5 Å². The number of hydrazine groups is 1. The van der Waals surface area contributed by atoms with Crippen LogP contribution in [0.25, 0.3) is 10.9 Å². The predicted molar refractivity (Wildman–Crippen MR) is 150 cm³/mol. The Kier molecular flexibility index (Phi) is 10.7. The van der Waals surface area contributed by atoms with E-state index in [2.05, 4.69) is 21.2 Å². The van der Waals surface area contributed by atoms with Crippen molar-refractivity contribution in [2.24, 2.45) is 0 Å². The van der Waals surface area contributed by atoms with Gasteiger partial charge in [-0.2, -0.15) is 0 Å². The van der Waals surface area contributed by atoms with E-state index in [9.17, 15) is 14.4 Å². The quantitative estimate of drug-likeness (QED) is 0.274. The molecule has 11 nitrogen and oxygen atoms in total. The lowest BCUT2D eigenvalue weighted by molar-refractivity contribution is -0.164. The molecule has 0 aliphatic carbocycles. The number of benzene rings is 1. The molecule has 0 spiro atoms. The SMILES string of the molecule is CCC1(CCCCC[C@H](NC(=O)OC(C)(C)C)C(=O)NNC(=O)c2cc3ccc(C)nc3cc2OC)OCCO1. The fraction of sp³-hybridized carbons (Fsp3) is 0.586. The number of nitrogens with zero attached hydrogens (tertiary/aromatic N) is 1. The monoisotopic (exact) mass is 558 g/mol. The summed E-state index contributed by atoms with van der Waals surface area (Å²) in [6.07, 6.45) is 3.49. The number of carbonyl (C=O) groups is 3. The summed E-state index contributed by atoms with van der Waals surface area (Å²) in [5.74, 6) is -1.33. The molecule has 2 heterocycles. The molecule has 0 bridgehead atoms. The molecule has 3 amide bonds. The van der Waals surface area contributed by atoms with Crippen LogP contribution in [0.4, 0.5) is 4.79 Å². The Bertz CT molecular complexity index is 1190. The number of alkyl carbamates (subject to hydrolysis) is 1. The van der Waals surface area contributed by atoms with Crippen LogP contribution in [0.15, 0.2) is 24.3 Å². The van der Waals surface area contributed by atoms with E-state index in [4.69, 9.17) is 18.9 Å². The Morgan fingerprint density at radius 3 is 2.45 bits per heavy atom. The molecule has 0 saturated carbocycles. The normalized spacial score (nSPS) is 15.3. The smallest absolute Gasteiger partial charge is 0.408 e. The van der Waals surface area contributed by atoms with Gasteiger partial charge < -0.3 is 24.3 Å². The van der Waals surface area contributed by atoms with E-state index in [-0.39, 0.29) is 5.56 Å². The molecule has 1 aromatic heterocycles. The molecule has 0 radical (unpaired) electrons. The van der Waals surface area contributed by atoms with Gasteiger partial charge in [0.05, 0.1) is 31.4 Å². The summed E-state index contributed by atoms with van der Waals surface area (Å²) in [4.78, 5) is 43.0. The van der Waals surface area contributed by atoms with Gasteiger partial charge in [0, 0.05) is 23.6 Å². The molecule has 220 valence electrons. The number of hydrogen-bond acceptors (Lipinski definition) is 8. The number of nitrogens with one attached hydrogen (secondary N) is 3. The number of methoxy groups -OCH3 is 1. The molecule has 3 N–H and O–H groups in total. The largest absolute Gasteiger partial charge is 0.496 e. The molecule has 3 rings (SSSR count). The molecular formula is C29H42N4O7. The van der Waals surface area contributed by atoms with E-state index in [1.165, 1.54) is 7.11 Å². The van der Waals surface area contributed by atoms with Gasteiger partial charge in [-0.15, -0.1) is 0 Å². The van der Waals surface area contributed by atoms with Crippen molar-refractivity contribution in [3.8, 4) is 5.75 Å².